The molecule has 2 rings (SSSR count). The fourth-order valence-corrected chi connectivity index (χ4v) is 3.27. The van der Waals surface area contributed by atoms with Crippen LogP contribution in [0.3, 0.4) is 0 Å². The average molecular weight is 278 g/mol. The molecule has 1 aliphatic carbocycles. The molecule has 108 valence electrons. The molecule has 0 radical (unpaired) electrons. The number of rotatable bonds is 1. The summed E-state index contributed by atoms with van der Waals surface area (Å²) in [4.78, 5) is 11.0. The molecule has 5 atom stereocenters. The van der Waals surface area contributed by atoms with Crippen LogP contribution in [0.15, 0.2) is 11.6 Å². The average Bonchev–Trinajstić information content (AvgIpc) is 2.25. The Bertz CT molecular complexity index is 402. The van der Waals surface area contributed by atoms with Gasteiger partial charge in [0.15, 0.2) is 6.10 Å². The summed E-state index contributed by atoms with van der Waals surface area (Å²) in [7, 11) is 0. The maximum atomic E-state index is 12.9. The number of alkyl halides is 3. The topological polar surface area (TPSA) is 46.5 Å². The van der Waals surface area contributed by atoms with Gasteiger partial charge in [-0.15, -0.1) is 0 Å². The second kappa shape index (κ2) is 4.81. The standard InChI is InChI=1S/C13H17F3O3/c1-6-3-7(2)10-8(4-6)5-9(12(17)18)11(19-10)13(14,15)16/h5-8,10-11H,3-4H2,1-2H3,(H,17,18). The molecule has 0 saturated heterocycles. The van der Waals surface area contributed by atoms with Crippen molar-refractivity contribution in [3.05, 3.63) is 11.6 Å². The zero-order chi connectivity index (χ0) is 14.4. The number of hydrogen-bond acceptors (Lipinski definition) is 2. The Kier molecular flexibility index (Phi) is 3.64. The van der Waals surface area contributed by atoms with Gasteiger partial charge in [-0.3, -0.25) is 0 Å². The normalized spacial score (nSPS) is 39.4. The minimum absolute atomic E-state index is 0.00481. The Morgan fingerprint density at radius 3 is 2.53 bits per heavy atom. The van der Waals surface area contributed by atoms with Gasteiger partial charge in [0.2, 0.25) is 0 Å². The van der Waals surface area contributed by atoms with Gasteiger partial charge in [-0.2, -0.15) is 13.2 Å². The number of carboxylic acid groups (broad SMARTS) is 1. The van der Waals surface area contributed by atoms with E-state index in [1.54, 1.807) is 0 Å². The maximum absolute atomic E-state index is 12.9. The van der Waals surface area contributed by atoms with E-state index < -0.39 is 29.9 Å². The van der Waals surface area contributed by atoms with E-state index in [1.807, 2.05) is 13.8 Å². The predicted molar refractivity (Wildman–Crippen MR) is 61.5 cm³/mol. The second-order valence-corrected chi connectivity index (χ2v) is 5.67. The van der Waals surface area contributed by atoms with Gasteiger partial charge in [0, 0.05) is 5.92 Å². The van der Waals surface area contributed by atoms with Crippen LogP contribution in [-0.4, -0.2) is 29.5 Å². The van der Waals surface area contributed by atoms with Crippen molar-refractivity contribution >= 4 is 5.97 Å². The highest BCUT2D eigenvalue weighted by Gasteiger charge is 2.51. The SMILES string of the molecule is CC1CC(C)C2OC(C(F)(F)F)C(C(=O)O)=CC2C1. The second-order valence-electron chi connectivity index (χ2n) is 5.67. The molecule has 1 N–H and O–H groups in total. The monoisotopic (exact) mass is 278 g/mol. The number of fused-ring (bicyclic) bond motifs is 1. The smallest absolute Gasteiger partial charge is 0.419 e. The van der Waals surface area contributed by atoms with Gasteiger partial charge in [0.1, 0.15) is 0 Å². The summed E-state index contributed by atoms with van der Waals surface area (Å²) < 4.78 is 43.8. The first kappa shape index (κ1) is 14.4. The molecule has 1 fully saturated rings. The minimum atomic E-state index is -4.68. The molecule has 3 nitrogen and oxygen atoms in total. The minimum Gasteiger partial charge on any atom is -0.478 e. The van der Waals surface area contributed by atoms with Crippen LogP contribution >= 0.6 is 0 Å². The Balaban J connectivity index is 2.34. The summed E-state index contributed by atoms with van der Waals surface area (Å²) in [5.74, 6) is -1.41. The first-order chi connectivity index (χ1) is 8.70. The lowest BCUT2D eigenvalue weighted by molar-refractivity contribution is -0.238. The molecule has 0 aromatic carbocycles. The quantitative estimate of drug-likeness (QED) is 0.802. The highest BCUT2D eigenvalue weighted by atomic mass is 19.4. The maximum Gasteiger partial charge on any atom is 0.419 e. The van der Waals surface area contributed by atoms with Crippen LogP contribution < -0.4 is 0 Å². The highest BCUT2D eigenvalue weighted by molar-refractivity contribution is 5.88. The van der Waals surface area contributed by atoms with Gasteiger partial charge >= 0.3 is 12.1 Å². The van der Waals surface area contributed by atoms with E-state index in [-0.39, 0.29) is 11.8 Å². The Morgan fingerprint density at radius 2 is 2.00 bits per heavy atom. The predicted octanol–water partition coefficient (Wildman–Crippen LogP) is 3.01. The molecule has 1 heterocycles. The molecule has 0 aromatic heterocycles. The Labute approximate surface area is 109 Å². The number of halogens is 3. The summed E-state index contributed by atoms with van der Waals surface area (Å²) >= 11 is 0. The number of hydrogen-bond donors (Lipinski definition) is 1. The number of carbonyl (C=O) groups is 1. The van der Waals surface area contributed by atoms with Crippen molar-refractivity contribution in [1.82, 2.24) is 0 Å². The zero-order valence-electron chi connectivity index (χ0n) is 10.8. The summed E-state index contributed by atoms with van der Waals surface area (Å²) in [5, 5.41) is 8.95. The molecule has 1 saturated carbocycles. The van der Waals surface area contributed by atoms with Crippen LogP contribution in [0, 0.1) is 17.8 Å². The van der Waals surface area contributed by atoms with E-state index in [0.717, 1.165) is 6.42 Å². The van der Waals surface area contributed by atoms with E-state index in [4.69, 9.17) is 9.84 Å². The molecule has 5 unspecified atom stereocenters. The third-order valence-electron chi connectivity index (χ3n) is 3.95. The van der Waals surface area contributed by atoms with E-state index in [2.05, 4.69) is 0 Å². The van der Waals surface area contributed by atoms with E-state index in [1.165, 1.54) is 6.08 Å². The molecule has 0 spiro atoms. The number of carboxylic acids is 1. The van der Waals surface area contributed by atoms with Crippen molar-refractivity contribution in [3.8, 4) is 0 Å². The molecule has 2 aliphatic rings. The van der Waals surface area contributed by atoms with Crippen LogP contribution in [0.2, 0.25) is 0 Å². The van der Waals surface area contributed by atoms with Crippen molar-refractivity contribution < 1.29 is 27.8 Å². The van der Waals surface area contributed by atoms with Gasteiger partial charge in [-0.25, -0.2) is 4.79 Å². The fraction of sp³-hybridized carbons (Fsp3) is 0.769. The van der Waals surface area contributed by atoms with Crippen molar-refractivity contribution in [2.75, 3.05) is 0 Å². The summed E-state index contributed by atoms with van der Waals surface area (Å²) in [6.45, 7) is 3.89. The molecular weight excluding hydrogens is 261 g/mol. The molecule has 0 bridgehead atoms. The fourth-order valence-electron chi connectivity index (χ4n) is 3.27. The van der Waals surface area contributed by atoms with Crippen LogP contribution in [0.4, 0.5) is 13.2 Å². The van der Waals surface area contributed by atoms with E-state index >= 15 is 0 Å². The molecule has 0 amide bonds. The lowest BCUT2D eigenvalue weighted by Crippen LogP contribution is -2.49. The zero-order valence-corrected chi connectivity index (χ0v) is 10.8. The van der Waals surface area contributed by atoms with Crippen LogP contribution in [-0.2, 0) is 9.53 Å². The third-order valence-corrected chi connectivity index (χ3v) is 3.95. The first-order valence-corrected chi connectivity index (χ1v) is 6.37. The van der Waals surface area contributed by atoms with E-state index in [9.17, 15) is 18.0 Å². The van der Waals surface area contributed by atoms with Crippen LogP contribution in [0.1, 0.15) is 26.7 Å². The highest BCUT2D eigenvalue weighted by Crippen LogP contribution is 2.43. The van der Waals surface area contributed by atoms with Crippen molar-refractivity contribution in [2.45, 2.75) is 45.1 Å². The van der Waals surface area contributed by atoms with Gasteiger partial charge in [-0.1, -0.05) is 19.9 Å². The number of ether oxygens (including phenoxy) is 1. The number of aliphatic carboxylic acids is 1. The molecule has 1 aliphatic heterocycles. The van der Waals surface area contributed by atoms with Crippen LogP contribution in [0.25, 0.3) is 0 Å². The molecule has 0 aromatic rings. The molecule has 6 heteroatoms. The van der Waals surface area contributed by atoms with Gasteiger partial charge in [-0.05, 0) is 24.7 Å². The first-order valence-electron chi connectivity index (χ1n) is 6.37. The molecule has 19 heavy (non-hydrogen) atoms. The molecular formula is C13H17F3O3. The summed E-state index contributed by atoms with van der Waals surface area (Å²) in [5.41, 5.74) is -0.671. The lowest BCUT2D eigenvalue weighted by atomic mass is 9.72. The van der Waals surface area contributed by atoms with Gasteiger partial charge < -0.3 is 9.84 Å². The van der Waals surface area contributed by atoms with Crippen LogP contribution in [0.5, 0.6) is 0 Å². The van der Waals surface area contributed by atoms with Crippen molar-refractivity contribution in [1.29, 1.82) is 0 Å². The third kappa shape index (κ3) is 2.78. The Hall–Kier alpha value is -1.04. The van der Waals surface area contributed by atoms with Gasteiger partial charge in [0.25, 0.3) is 0 Å². The lowest BCUT2D eigenvalue weighted by Gasteiger charge is -2.43. The van der Waals surface area contributed by atoms with Crippen molar-refractivity contribution in [3.63, 3.8) is 0 Å². The van der Waals surface area contributed by atoms with Gasteiger partial charge in [0.05, 0.1) is 11.7 Å². The van der Waals surface area contributed by atoms with E-state index in [0.29, 0.717) is 12.3 Å². The largest absolute Gasteiger partial charge is 0.478 e. The Morgan fingerprint density at radius 1 is 1.37 bits per heavy atom. The van der Waals surface area contributed by atoms with Crippen molar-refractivity contribution in [2.24, 2.45) is 17.8 Å². The summed E-state index contributed by atoms with van der Waals surface area (Å²) in [6, 6.07) is 0. The summed E-state index contributed by atoms with van der Waals surface area (Å²) in [6.07, 6.45) is -4.77.